The summed E-state index contributed by atoms with van der Waals surface area (Å²) < 4.78 is 0. The molecule has 0 aromatic heterocycles. The molecule has 3 heteroatoms. The lowest BCUT2D eigenvalue weighted by Crippen LogP contribution is -2.25. The first-order valence-corrected chi connectivity index (χ1v) is 8.25. The van der Waals surface area contributed by atoms with Crippen LogP contribution in [0.3, 0.4) is 0 Å². The molecule has 116 valence electrons. The average Bonchev–Trinajstić information content (AvgIpc) is 2.39. The van der Waals surface area contributed by atoms with Crippen LogP contribution in [0, 0.1) is 11.8 Å². The van der Waals surface area contributed by atoms with Crippen molar-refractivity contribution in [2.45, 2.75) is 85.2 Å². The van der Waals surface area contributed by atoms with Crippen LogP contribution in [0.2, 0.25) is 0 Å². The van der Waals surface area contributed by atoms with Gasteiger partial charge in [-0.05, 0) is 50.9 Å². The van der Waals surface area contributed by atoms with Gasteiger partial charge in [-0.25, -0.2) is 0 Å². The molecule has 3 nitrogen and oxygen atoms in total. The highest BCUT2D eigenvalue weighted by molar-refractivity contribution is 5.82. The zero-order valence-electron chi connectivity index (χ0n) is 14.0. The lowest BCUT2D eigenvalue weighted by molar-refractivity contribution is 0.443. The van der Waals surface area contributed by atoms with E-state index in [2.05, 4.69) is 44.6 Å². The van der Waals surface area contributed by atoms with Gasteiger partial charge in [0.25, 0.3) is 0 Å². The van der Waals surface area contributed by atoms with E-state index in [-0.39, 0.29) is 0 Å². The van der Waals surface area contributed by atoms with Crippen molar-refractivity contribution in [2.75, 3.05) is 0 Å². The maximum atomic E-state index is 5.61. The second-order valence-electron chi connectivity index (χ2n) is 6.89. The van der Waals surface area contributed by atoms with Gasteiger partial charge in [0.2, 0.25) is 0 Å². The summed E-state index contributed by atoms with van der Waals surface area (Å²) in [5, 5.41) is 0. The molecule has 0 aromatic rings. The fourth-order valence-electron chi connectivity index (χ4n) is 2.78. The minimum absolute atomic E-state index is 0.494. The summed E-state index contributed by atoms with van der Waals surface area (Å²) in [6, 6.07) is 1.11. The molecule has 0 spiro atoms. The van der Waals surface area contributed by atoms with Crippen LogP contribution in [-0.2, 0) is 0 Å². The monoisotopic (exact) mass is 279 g/mol. The molecule has 2 aliphatic heterocycles. The zero-order valence-corrected chi connectivity index (χ0v) is 14.0. The molecule has 2 unspecified atom stereocenters. The Morgan fingerprint density at radius 1 is 0.900 bits per heavy atom. The average molecular weight is 279 g/mol. The van der Waals surface area contributed by atoms with Crippen LogP contribution in [0.15, 0.2) is 9.98 Å². The Bertz CT molecular complexity index is 308. The molecule has 2 atom stereocenters. The van der Waals surface area contributed by atoms with Gasteiger partial charge in [0.15, 0.2) is 0 Å². The van der Waals surface area contributed by atoms with E-state index in [0.29, 0.717) is 18.0 Å². The Hall–Kier alpha value is -0.860. The van der Waals surface area contributed by atoms with Crippen LogP contribution >= 0.6 is 0 Å². The van der Waals surface area contributed by atoms with Crippen LogP contribution in [0.1, 0.15) is 73.1 Å². The van der Waals surface area contributed by atoms with Crippen molar-refractivity contribution in [3.05, 3.63) is 0 Å². The van der Waals surface area contributed by atoms with Crippen molar-refractivity contribution in [3.63, 3.8) is 0 Å². The lowest BCUT2D eigenvalue weighted by Gasteiger charge is -2.21. The molecule has 2 heterocycles. The number of aliphatic imine (C=N–C) groups is 2. The first kappa shape index (κ1) is 17.2. The SMILES string of the molecule is CC(C)C1CCCC(N)=N1.CC1=NC(C(C)C)CCC1. The minimum atomic E-state index is 0.494. The zero-order chi connectivity index (χ0) is 15.1. The molecule has 0 radical (unpaired) electrons. The molecule has 2 N–H and O–H groups in total. The third-order valence-corrected chi connectivity index (χ3v) is 4.23. The summed E-state index contributed by atoms with van der Waals surface area (Å²) in [4.78, 5) is 8.97. The van der Waals surface area contributed by atoms with Gasteiger partial charge in [0.05, 0.1) is 17.9 Å². The molecule has 2 rings (SSSR count). The number of nitrogens with two attached hydrogens (primary N) is 1. The molecule has 0 fully saturated rings. The van der Waals surface area contributed by atoms with E-state index in [1.54, 1.807) is 0 Å². The number of hydrogen-bond acceptors (Lipinski definition) is 3. The van der Waals surface area contributed by atoms with Crippen LogP contribution < -0.4 is 5.73 Å². The van der Waals surface area contributed by atoms with E-state index in [1.165, 1.54) is 37.8 Å². The number of rotatable bonds is 2. The Morgan fingerprint density at radius 2 is 1.40 bits per heavy atom. The van der Waals surface area contributed by atoms with Crippen molar-refractivity contribution < 1.29 is 0 Å². The summed E-state index contributed by atoms with van der Waals surface area (Å²) in [5.74, 6) is 2.24. The molecule has 0 amide bonds. The van der Waals surface area contributed by atoms with Crippen molar-refractivity contribution >= 4 is 11.5 Å². The predicted molar refractivity (Wildman–Crippen MR) is 89.7 cm³/mol. The third kappa shape index (κ3) is 6.06. The van der Waals surface area contributed by atoms with E-state index in [4.69, 9.17) is 5.73 Å². The van der Waals surface area contributed by atoms with E-state index >= 15 is 0 Å². The minimum Gasteiger partial charge on any atom is -0.387 e. The maximum absolute atomic E-state index is 5.61. The number of amidine groups is 1. The second kappa shape index (κ2) is 8.43. The predicted octanol–water partition coefficient (Wildman–Crippen LogP) is 4.21. The molecular formula is C17H33N3. The van der Waals surface area contributed by atoms with Crippen molar-refractivity contribution in [3.8, 4) is 0 Å². The van der Waals surface area contributed by atoms with Gasteiger partial charge in [-0.3, -0.25) is 9.98 Å². The molecule has 20 heavy (non-hydrogen) atoms. The molecule has 0 bridgehead atoms. The van der Waals surface area contributed by atoms with E-state index in [0.717, 1.165) is 18.2 Å². The Labute approximate surface area is 125 Å². The van der Waals surface area contributed by atoms with Gasteiger partial charge in [-0.15, -0.1) is 0 Å². The normalized spacial score (nSPS) is 26.8. The van der Waals surface area contributed by atoms with E-state index in [1.807, 2.05) is 0 Å². The molecule has 0 saturated carbocycles. The Balaban J connectivity index is 0.000000200. The van der Waals surface area contributed by atoms with Crippen molar-refractivity contribution in [1.29, 1.82) is 0 Å². The highest BCUT2D eigenvalue weighted by Gasteiger charge is 2.16. The molecule has 0 aliphatic carbocycles. The number of nitrogens with zero attached hydrogens (tertiary/aromatic N) is 2. The van der Waals surface area contributed by atoms with Crippen molar-refractivity contribution in [1.82, 2.24) is 0 Å². The van der Waals surface area contributed by atoms with Gasteiger partial charge in [0.1, 0.15) is 0 Å². The van der Waals surface area contributed by atoms with Crippen LogP contribution in [0.25, 0.3) is 0 Å². The highest BCUT2D eigenvalue weighted by atomic mass is 14.9. The standard InChI is InChI=1S/C9H17N.C8H16N2/c1-7(2)9-6-4-5-8(3)10-9;1-6(2)7-4-3-5-8(9)10-7/h7,9H,4-6H2,1-3H3;6-7H,3-5H2,1-2H3,(H2,9,10). The van der Waals surface area contributed by atoms with E-state index < -0.39 is 0 Å². The van der Waals surface area contributed by atoms with Gasteiger partial charge in [-0.2, -0.15) is 0 Å². The van der Waals surface area contributed by atoms with Gasteiger partial charge in [0, 0.05) is 12.1 Å². The first-order chi connectivity index (χ1) is 9.40. The van der Waals surface area contributed by atoms with Crippen LogP contribution in [0.4, 0.5) is 0 Å². The van der Waals surface area contributed by atoms with Crippen LogP contribution in [-0.4, -0.2) is 23.6 Å². The fraction of sp³-hybridized carbons (Fsp3) is 0.882. The summed E-state index contributed by atoms with van der Waals surface area (Å²) in [5.41, 5.74) is 6.96. The topological polar surface area (TPSA) is 50.7 Å². The van der Waals surface area contributed by atoms with Crippen molar-refractivity contribution in [2.24, 2.45) is 27.6 Å². The summed E-state index contributed by atoms with van der Waals surface area (Å²) in [6.45, 7) is 11.1. The third-order valence-electron chi connectivity index (χ3n) is 4.23. The first-order valence-electron chi connectivity index (χ1n) is 8.25. The molecule has 0 saturated heterocycles. The lowest BCUT2D eigenvalue weighted by atomic mass is 9.95. The molecule has 2 aliphatic rings. The summed E-state index contributed by atoms with van der Waals surface area (Å²) in [7, 11) is 0. The number of hydrogen-bond donors (Lipinski definition) is 1. The van der Waals surface area contributed by atoms with E-state index in [9.17, 15) is 0 Å². The van der Waals surface area contributed by atoms with Gasteiger partial charge in [-0.1, -0.05) is 27.7 Å². The quantitative estimate of drug-likeness (QED) is 0.809. The summed E-state index contributed by atoms with van der Waals surface area (Å²) in [6.07, 6.45) is 7.32. The summed E-state index contributed by atoms with van der Waals surface area (Å²) >= 11 is 0. The van der Waals surface area contributed by atoms with Gasteiger partial charge < -0.3 is 5.73 Å². The molecule has 0 aromatic carbocycles. The maximum Gasteiger partial charge on any atom is 0.0940 e. The largest absolute Gasteiger partial charge is 0.387 e. The highest BCUT2D eigenvalue weighted by Crippen LogP contribution is 2.19. The molecular weight excluding hydrogens is 246 g/mol. The van der Waals surface area contributed by atoms with Crippen LogP contribution in [0.5, 0.6) is 0 Å². The Morgan fingerprint density at radius 3 is 1.75 bits per heavy atom. The second-order valence-corrected chi connectivity index (χ2v) is 6.89. The van der Waals surface area contributed by atoms with Gasteiger partial charge >= 0.3 is 0 Å². The fourth-order valence-corrected chi connectivity index (χ4v) is 2.78. The smallest absolute Gasteiger partial charge is 0.0940 e. The Kier molecular flexibility index (Phi) is 7.25.